The van der Waals surface area contributed by atoms with E-state index in [2.05, 4.69) is 148 Å². The third-order valence-corrected chi connectivity index (χ3v) is 25.8. The summed E-state index contributed by atoms with van der Waals surface area (Å²) in [6.45, 7) is 0. The van der Waals surface area contributed by atoms with Gasteiger partial charge in [0.05, 0.1) is 9.40 Å². The second-order valence-corrected chi connectivity index (χ2v) is 48.6. The molecule has 0 atom stereocenters. The van der Waals surface area contributed by atoms with Crippen molar-refractivity contribution in [3.8, 4) is 0 Å². The van der Waals surface area contributed by atoms with Crippen molar-refractivity contribution in [2.45, 2.75) is 44.5 Å². The van der Waals surface area contributed by atoms with Gasteiger partial charge in [0.2, 0.25) is 0 Å². The number of rotatable bonds is 2. The Morgan fingerprint density at radius 1 is 0.409 bits per heavy atom. The molecule has 0 spiro atoms. The van der Waals surface area contributed by atoms with Crippen LogP contribution in [0.15, 0.2) is 72.8 Å². The fourth-order valence-corrected chi connectivity index (χ4v) is 19.5. The van der Waals surface area contributed by atoms with Crippen molar-refractivity contribution < 1.29 is 0 Å². The summed E-state index contributed by atoms with van der Waals surface area (Å²) in [5.41, 5.74) is 0. The summed E-state index contributed by atoms with van der Waals surface area (Å²) in [5, 5.41) is 5.76. The Labute approximate surface area is 313 Å². The van der Waals surface area contributed by atoms with Crippen LogP contribution in [0.3, 0.4) is 0 Å². The molecule has 4 aromatic heterocycles. The SMILES string of the molecule is C.C.Ic1ccc2c(c1)sc1c3ccc(I)cc3sc21.[CH3][Sn]([CH3])([CH3])[c]1ccc2c(c1)sc1c3cc[c]([Sn]([CH3])([CH3])[CH3])cc3sc21. The maximum atomic E-state index is 2.50. The summed E-state index contributed by atoms with van der Waals surface area (Å²) in [4.78, 5) is 15.0. The van der Waals surface area contributed by atoms with Crippen molar-refractivity contribution in [3.05, 3.63) is 79.9 Å². The molecule has 0 amide bonds. The van der Waals surface area contributed by atoms with Gasteiger partial charge in [0.25, 0.3) is 0 Å². The van der Waals surface area contributed by atoms with E-state index in [1.165, 1.54) is 66.3 Å². The number of benzene rings is 4. The Bertz CT molecular complexity index is 2140. The van der Waals surface area contributed by atoms with E-state index in [1.807, 2.05) is 45.3 Å². The van der Waals surface area contributed by atoms with Crippen molar-refractivity contribution in [3.63, 3.8) is 0 Å². The van der Waals surface area contributed by atoms with E-state index in [-0.39, 0.29) is 14.9 Å². The number of fused-ring (bicyclic) bond motifs is 10. The molecule has 44 heavy (non-hydrogen) atoms. The molecule has 0 fully saturated rings. The minimum absolute atomic E-state index is 0. The molecule has 0 radical (unpaired) electrons. The third-order valence-electron chi connectivity index (χ3n) is 7.82. The minimum atomic E-state index is -1.99. The Morgan fingerprint density at radius 2 is 0.682 bits per heavy atom. The molecule has 0 nitrogen and oxygen atoms in total. The molecule has 0 aliphatic rings. The summed E-state index contributed by atoms with van der Waals surface area (Å²) in [5.74, 6) is 0. The summed E-state index contributed by atoms with van der Waals surface area (Å²) in [7, 11) is 0. The number of thiophene rings is 4. The predicted molar refractivity (Wildman–Crippen MR) is 234 cm³/mol. The zero-order valence-corrected chi connectivity index (χ0v) is 37.6. The van der Waals surface area contributed by atoms with Crippen LogP contribution in [0.5, 0.6) is 0 Å². The number of hydrogen-bond donors (Lipinski definition) is 0. The van der Waals surface area contributed by atoms with Crippen LogP contribution < -0.4 is 7.16 Å². The molecule has 0 unspecified atom stereocenters. The van der Waals surface area contributed by atoms with Crippen LogP contribution in [0, 0.1) is 7.14 Å². The molecule has 0 aliphatic carbocycles. The van der Waals surface area contributed by atoms with Crippen molar-refractivity contribution in [2.24, 2.45) is 0 Å². The molecule has 4 aromatic carbocycles. The van der Waals surface area contributed by atoms with Gasteiger partial charge in [-0.05, 0) is 69.4 Å². The molecule has 0 N–H and O–H groups in total. The van der Waals surface area contributed by atoms with Crippen molar-refractivity contribution >= 4 is 194 Å². The summed E-state index contributed by atoms with van der Waals surface area (Å²) in [6.07, 6.45) is 0. The molecular weight excluding hydrogens is 1050 g/mol. The first-order chi connectivity index (χ1) is 19.9. The summed E-state index contributed by atoms with van der Waals surface area (Å²) in [6, 6.07) is 28.1. The van der Waals surface area contributed by atoms with Gasteiger partial charge in [0, 0.05) is 27.3 Å². The molecule has 228 valence electrons. The molecule has 0 saturated heterocycles. The Kier molecular flexibility index (Phi) is 10.8. The van der Waals surface area contributed by atoms with E-state index in [0.29, 0.717) is 0 Å². The molecular formula is C36H38I2S4Sn2. The van der Waals surface area contributed by atoms with Crippen LogP contribution in [0.1, 0.15) is 14.9 Å². The molecule has 0 aliphatic heterocycles. The van der Waals surface area contributed by atoms with E-state index >= 15 is 0 Å². The molecule has 8 heteroatoms. The Hall–Kier alpha value is 0.297. The third kappa shape index (κ3) is 6.63. The first-order valence-electron chi connectivity index (χ1n) is 14.0. The quantitative estimate of drug-likeness (QED) is 0.120. The zero-order chi connectivity index (χ0) is 29.6. The van der Waals surface area contributed by atoms with Crippen LogP contribution in [0.4, 0.5) is 0 Å². The monoisotopic (exact) mass is 1090 g/mol. The number of halogens is 2. The van der Waals surface area contributed by atoms with Gasteiger partial charge in [-0.2, -0.15) is 0 Å². The normalized spacial score (nSPS) is 12.2. The number of hydrogen-bond acceptors (Lipinski definition) is 4. The van der Waals surface area contributed by atoms with Gasteiger partial charge < -0.3 is 0 Å². The van der Waals surface area contributed by atoms with Gasteiger partial charge in [-0.15, -0.1) is 22.7 Å². The zero-order valence-electron chi connectivity index (χ0n) is 24.3. The standard InChI is InChI=1S/C14H6I2S2.C14H6S2.2CH4.6CH3.2Sn/c15-7-1-3-9-11(5-7)17-14-10-4-2-8(16)6-12(10)18-13(9)14;1-3-7-11-9(5-1)13-14(15-11)10-6-2-4-8-12(10)16-13;;;;;;;;;;/h1-6H;1-2,5-8H;2*1H4;6*1H3;;. The predicted octanol–water partition coefficient (Wildman–Crippen LogP) is 14.1. The van der Waals surface area contributed by atoms with Gasteiger partial charge >= 0.3 is 162 Å². The fourth-order valence-electron chi connectivity index (χ4n) is 5.39. The fraction of sp³-hybridized carbons (Fsp3) is 0.222. The molecule has 8 rings (SSSR count). The molecule has 0 bridgehead atoms. The van der Waals surface area contributed by atoms with Gasteiger partial charge in [0.15, 0.2) is 0 Å². The van der Waals surface area contributed by atoms with Crippen molar-refractivity contribution in [1.82, 2.24) is 0 Å². The average molecular weight is 1090 g/mol. The molecule has 8 aromatic rings. The first kappa shape index (κ1) is 35.6. The van der Waals surface area contributed by atoms with Crippen LogP contribution in [-0.2, 0) is 0 Å². The van der Waals surface area contributed by atoms with Gasteiger partial charge in [-0.3, -0.25) is 0 Å². The van der Waals surface area contributed by atoms with E-state index in [9.17, 15) is 0 Å². The van der Waals surface area contributed by atoms with Gasteiger partial charge in [0.1, 0.15) is 0 Å². The van der Waals surface area contributed by atoms with Crippen LogP contribution >= 0.6 is 90.5 Å². The van der Waals surface area contributed by atoms with Gasteiger partial charge in [-0.1, -0.05) is 27.0 Å². The van der Waals surface area contributed by atoms with Crippen LogP contribution in [0.25, 0.3) is 59.1 Å². The summed E-state index contributed by atoms with van der Waals surface area (Å²) < 4.78 is 17.6. The topological polar surface area (TPSA) is 0 Å². The van der Waals surface area contributed by atoms with E-state index in [1.54, 1.807) is 7.16 Å². The van der Waals surface area contributed by atoms with E-state index in [4.69, 9.17) is 0 Å². The van der Waals surface area contributed by atoms with Crippen LogP contribution in [-0.4, -0.2) is 36.8 Å². The molecule has 4 heterocycles. The van der Waals surface area contributed by atoms with E-state index in [0.717, 1.165) is 0 Å². The Balaban J connectivity index is 0.000000173. The Morgan fingerprint density at radius 3 is 0.977 bits per heavy atom. The van der Waals surface area contributed by atoms with E-state index < -0.39 is 36.8 Å². The van der Waals surface area contributed by atoms with Gasteiger partial charge in [-0.25, -0.2) is 0 Å². The second kappa shape index (κ2) is 13.3. The second-order valence-electron chi connectivity index (χ2n) is 12.9. The first-order valence-corrected chi connectivity index (χ1v) is 39.4. The van der Waals surface area contributed by atoms with Crippen molar-refractivity contribution in [1.29, 1.82) is 0 Å². The molecule has 0 saturated carbocycles. The van der Waals surface area contributed by atoms with Crippen molar-refractivity contribution in [2.75, 3.05) is 0 Å². The maximum absolute atomic E-state index is 2.50. The average Bonchev–Trinajstić information content (AvgIpc) is 3.64. The summed E-state index contributed by atoms with van der Waals surface area (Å²) >= 11 is 8.63. The van der Waals surface area contributed by atoms with Crippen LogP contribution in [0.2, 0.25) is 29.6 Å².